The van der Waals surface area contributed by atoms with Crippen molar-refractivity contribution in [3.8, 4) is 0 Å². The topological polar surface area (TPSA) is 25.4 Å². The minimum Gasteiger partial charge on any atom is -0.370 e. The Morgan fingerprint density at radius 2 is 2.29 bits per heavy atom. The SMILES string of the molecule is CC1CN(Cc2cccc(Cl)n2)CC(C)(C)O1. The lowest BCUT2D eigenvalue weighted by molar-refractivity contribution is -0.130. The molecule has 1 fully saturated rings. The minimum atomic E-state index is -0.0871. The van der Waals surface area contributed by atoms with Crippen molar-refractivity contribution in [1.82, 2.24) is 9.88 Å². The van der Waals surface area contributed by atoms with Gasteiger partial charge in [0.1, 0.15) is 5.15 Å². The fourth-order valence-corrected chi connectivity index (χ4v) is 2.66. The van der Waals surface area contributed by atoms with Gasteiger partial charge in [0.2, 0.25) is 0 Å². The van der Waals surface area contributed by atoms with Crippen molar-refractivity contribution in [2.24, 2.45) is 0 Å². The molecular weight excluding hydrogens is 236 g/mol. The van der Waals surface area contributed by atoms with Crippen molar-refractivity contribution in [1.29, 1.82) is 0 Å². The Bertz CT molecular complexity index is 395. The van der Waals surface area contributed by atoms with Crippen LogP contribution in [0.15, 0.2) is 18.2 Å². The van der Waals surface area contributed by atoms with Crippen LogP contribution in [0, 0.1) is 0 Å². The highest BCUT2D eigenvalue weighted by atomic mass is 35.5. The molecule has 3 nitrogen and oxygen atoms in total. The summed E-state index contributed by atoms with van der Waals surface area (Å²) in [5.74, 6) is 0. The lowest BCUT2D eigenvalue weighted by atomic mass is 10.1. The molecule has 0 radical (unpaired) electrons. The standard InChI is InChI=1S/C13H19ClN2O/c1-10-7-16(9-13(2,3)17-10)8-11-5-4-6-12(14)15-11/h4-6,10H,7-9H2,1-3H3. The summed E-state index contributed by atoms with van der Waals surface area (Å²) in [6.45, 7) is 9.06. The van der Waals surface area contributed by atoms with Gasteiger partial charge in [0.05, 0.1) is 17.4 Å². The van der Waals surface area contributed by atoms with Crippen molar-refractivity contribution < 1.29 is 4.74 Å². The molecule has 1 aromatic heterocycles. The van der Waals surface area contributed by atoms with Crippen LogP contribution in [0.3, 0.4) is 0 Å². The Morgan fingerprint density at radius 1 is 1.53 bits per heavy atom. The zero-order valence-corrected chi connectivity index (χ0v) is 11.4. The predicted octanol–water partition coefficient (Wildman–Crippen LogP) is 2.73. The predicted molar refractivity (Wildman–Crippen MR) is 69.2 cm³/mol. The van der Waals surface area contributed by atoms with Crippen LogP contribution in [0.2, 0.25) is 5.15 Å². The maximum Gasteiger partial charge on any atom is 0.129 e. The molecule has 0 aromatic carbocycles. The largest absolute Gasteiger partial charge is 0.370 e. The minimum absolute atomic E-state index is 0.0871. The van der Waals surface area contributed by atoms with E-state index in [9.17, 15) is 0 Å². The number of pyridine rings is 1. The second-order valence-electron chi connectivity index (χ2n) is 5.31. The second kappa shape index (κ2) is 4.92. The molecule has 2 rings (SSSR count). The number of halogens is 1. The molecular formula is C13H19ClN2O. The molecule has 1 unspecified atom stereocenters. The maximum atomic E-state index is 5.89. The van der Waals surface area contributed by atoms with Gasteiger partial charge in [-0.25, -0.2) is 4.98 Å². The van der Waals surface area contributed by atoms with Gasteiger partial charge in [-0.1, -0.05) is 17.7 Å². The third-order valence-electron chi connectivity index (χ3n) is 2.80. The molecule has 17 heavy (non-hydrogen) atoms. The molecule has 0 saturated carbocycles. The molecule has 0 amide bonds. The molecule has 94 valence electrons. The second-order valence-corrected chi connectivity index (χ2v) is 5.70. The fourth-order valence-electron chi connectivity index (χ4n) is 2.47. The average molecular weight is 255 g/mol. The normalized spacial score (nSPS) is 24.8. The summed E-state index contributed by atoms with van der Waals surface area (Å²) in [5, 5.41) is 0.558. The number of hydrogen-bond donors (Lipinski definition) is 0. The van der Waals surface area contributed by atoms with Gasteiger partial charge < -0.3 is 4.74 Å². The van der Waals surface area contributed by atoms with Gasteiger partial charge in [-0.05, 0) is 32.9 Å². The summed E-state index contributed by atoms with van der Waals surface area (Å²) in [6.07, 6.45) is 0.262. The summed E-state index contributed by atoms with van der Waals surface area (Å²) in [5.41, 5.74) is 0.929. The van der Waals surface area contributed by atoms with E-state index in [0.29, 0.717) is 5.15 Å². The molecule has 0 N–H and O–H groups in total. The molecule has 1 aromatic rings. The summed E-state index contributed by atoms with van der Waals surface area (Å²) in [6, 6.07) is 5.76. The highest BCUT2D eigenvalue weighted by molar-refractivity contribution is 6.29. The lowest BCUT2D eigenvalue weighted by Gasteiger charge is -2.41. The highest BCUT2D eigenvalue weighted by Crippen LogP contribution is 2.22. The van der Waals surface area contributed by atoms with E-state index in [2.05, 4.69) is 30.7 Å². The van der Waals surface area contributed by atoms with Crippen LogP contribution in [0.25, 0.3) is 0 Å². The number of morpholine rings is 1. The first-order chi connectivity index (χ1) is 7.94. The Labute approximate surface area is 108 Å². The van der Waals surface area contributed by atoms with Gasteiger partial charge in [-0.3, -0.25) is 4.90 Å². The molecule has 4 heteroatoms. The maximum absolute atomic E-state index is 5.89. The van der Waals surface area contributed by atoms with Crippen LogP contribution in [0.5, 0.6) is 0 Å². The van der Waals surface area contributed by atoms with Gasteiger partial charge in [-0.2, -0.15) is 0 Å². The van der Waals surface area contributed by atoms with Crippen molar-refractivity contribution in [3.63, 3.8) is 0 Å². The first kappa shape index (κ1) is 12.8. The Morgan fingerprint density at radius 3 is 2.94 bits per heavy atom. The van der Waals surface area contributed by atoms with Gasteiger partial charge in [0, 0.05) is 19.6 Å². The fraction of sp³-hybridized carbons (Fsp3) is 0.615. The average Bonchev–Trinajstić information content (AvgIpc) is 2.13. The van der Waals surface area contributed by atoms with Crippen LogP contribution in [-0.2, 0) is 11.3 Å². The van der Waals surface area contributed by atoms with Crippen LogP contribution >= 0.6 is 11.6 Å². The van der Waals surface area contributed by atoms with Crippen molar-refractivity contribution in [2.45, 2.75) is 39.0 Å². The van der Waals surface area contributed by atoms with Crippen LogP contribution in [0.4, 0.5) is 0 Å². The van der Waals surface area contributed by atoms with Crippen molar-refractivity contribution in [3.05, 3.63) is 29.0 Å². The van der Waals surface area contributed by atoms with Gasteiger partial charge >= 0.3 is 0 Å². The Kier molecular flexibility index (Phi) is 3.71. The zero-order chi connectivity index (χ0) is 12.5. The molecule has 1 atom stereocenters. The Hall–Kier alpha value is -0.640. The first-order valence-corrected chi connectivity index (χ1v) is 6.34. The van der Waals surface area contributed by atoms with Gasteiger partial charge in [-0.15, -0.1) is 0 Å². The third-order valence-corrected chi connectivity index (χ3v) is 3.01. The first-order valence-electron chi connectivity index (χ1n) is 5.96. The van der Waals surface area contributed by atoms with E-state index < -0.39 is 0 Å². The van der Waals surface area contributed by atoms with Crippen LogP contribution in [-0.4, -0.2) is 34.7 Å². The number of aromatic nitrogens is 1. The molecule has 2 heterocycles. The summed E-state index contributed by atoms with van der Waals surface area (Å²) >= 11 is 5.89. The van der Waals surface area contributed by atoms with Crippen molar-refractivity contribution in [2.75, 3.05) is 13.1 Å². The van der Waals surface area contributed by atoms with E-state index in [4.69, 9.17) is 16.3 Å². The Balaban J connectivity index is 2.03. The van der Waals surface area contributed by atoms with E-state index in [1.54, 1.807) is 6.07 Å². The van der Waals surface area contributed by atoms with E-state index in [-0.39, 0.29) is 11.7 Å². The lowest BCUT2D eigenvalue weighted by Crippen LogP contribution is -2.51. The molecule has 0 bridgehead atoms. The molecule has 1 aliphatic heterocycles. The van der Waals surface area contributed by atoms with Crippen molar-refractivity contribution >= 4 is 11.6 Å². The quantitative estimate of drug-likeness (QED) is 0.759. The van der Waals surface area contributed by atoms with E-state index in [1.165, 1.54) is 0 Å². The number of nitrogens with zero attached hydrogens (tertiary/aromatic N) is 2. The van der Waals surface area contributed by atoms with E-state index >= 15 is 0 Å². The van der Waals surface area contributed by atoms with Crippen LogP contribution in [0.1, 0.15) is 26.5 Å². The summed E-state index contributed by atoms with van der Waals surface area (Å²) in [4.78, 5) is 6.69. The monoisotopic (exact) mass is 254 g/mol. The highest BCUT2D eigenvalue weighted by Gasteiger charge is 2.31. The van der Waals surface area contributed by atoms with E-state index in [0.717, 1.165) is 25.3 Å². The summed E-state index contributed by atoms with van der Waals surface area (Å²) in [7, 11) is 0. The summed E-state index contributed by atoms with van der Waals surface area (Å²) < 4.78 is 5.88. The number of hydrogen-bond acceptors (Lipinski definition) is 3. The smallest absolute Gasteiger partial charge is 0.129 e. The zero-order valence-electron chi connectivity index (χ0n) is 10.6. The molecule has 0 aliphatic carbocycles. The van der Waals surface area contributed by atoms with Gasteiger partial charge in [0.15, 0.2) is 0 Å². The van der Waals surface area contributed by atoms with Gasteiger partial charge in [0.25, 0.3) is 0 Å². The molecule has 0 spiro atoms. The van der Waals surface area contributed by atoms with E-state index in [1.807, 2.05) is 12.1 Å². The van der Waals surface area contributed by atoms with Crippen LogP contribution < -0.4 is 0 Å². The molecule has 1 saturated heterocycles. The number of rotatable bonds is 2. The molecule has 1 aliphatic rings. The third kappa shape index (κ3) is 3.66. The number of ether oxygens (including phenoxy) is 1.